The number of nitrogens with one attached hydrogen (secondary N) is 1. The predicted molar refractivity (Wildman–Crippen MR) is 156 cm³/mol. The van der Waals surface area contributed by atoms with E-state index in [0.29, 0.717) is 18.9 Å². The van der Waals surface area contributed by atoms with Crippen molar-refractivity contribution in [3.8, 4) is 34.0 Å². The van der Waals surface area contributed by atoms with Crippen molar-refractivity contribution in [1.29, 1.82) is 0 Å². The van der Waals surface area contributed by atoms with Crippen LogP contribution in [-0.2, 0) is 22.7 Å². The lowest BCUT2D eigenvalue weighted by Crippen LogP contribution is -2.29. The average Bonchev–Trinajstić information content (AvgIpc) is 3.34. The lowest BCUT2D eigenvalue weighted by Gasteiger charge is -2.13. The maximum absolute atomic E-state index is 12.3. The molecule has 0 bridgehead atoms. The molecule has 0 aliphatic carbocycles. The molecule has 8 heteroatoms. The normalized spacial score (nSPS) is 10.8. The maximum atomic E-state index is 12.3. The van der Waals surface area contributed by atoms with E-state index in [1.165, 1.54) is 0 Å². The number of methoxy groups -OCH3 is 2. The van der Waals surface area contributed by atoms with Gasteiger partial charge in [0, 0.05) is 30.0 Å². The zero-order valence-electron chi connectivity index (χ0n) is 22.7. The van der Waals surface area contributed by atoms with Gasteiger partial charge in [0.2, 0.25) is 5.91 Å². The van der Waals surface area contributed by atoms with E-state index in [-0.39, 0.29) is 12.5 Å². The number of carbonyl (C=O) groups excluding carboxylic acids is 1. The molecule has 0 fully saturated rings. The Morgan fingerprint density at radius 2 is 1.54 bits per heavy atom. The van der Waals surface area contributed by atoms with Crippen LogP contribution in [0.25, 0.3) is 22.5 Å². The van der Waals surface area contributed by atoms with Crippen LogP contribution in [-0.4, -0.2) is 48.6 Å². The lowest BCUT2D eigenvalue weighted by atomic mass is 10.0. The molecule has 0 unspecified atom stereocenters. The maximum Gasteiger partial charge on any atom is 0.246 e. The van der Waals surface area contributed by atoms with Crippen molar-refractivity contribution in [2.75, 3.05) is 33.1 Å². The largest absolute Gasteiger partial charge is 0.497 e. The zero-order chi connectivity index (χ0) is 27.5. The second kappa shape index (κ2) is 14.4. The third-order valence-corrected chi connectivity index (χ3v) is 7.08. The summed E-state index contributed by atoms with van der Waals surface area (Å²) in [5.41, 5.74) is 5.10. The Morgan fingerprint density at radius 3 is 2.15 bits per heavy atom. The molecule has 0 aliphatic heterocycles. The molecule has 1 aromatic heterocycles. The molecule has 7 nitrogen and oxygen atoms in total. The van der Waals surface area contributed by atoms with Gasteiger partial charge >= 0.3 is 0 Å². The van der Waals surface area contributed by atoms with Crippen molar-refractivity contribution in [2.45, 2.75) is 31.7 Å². The number of carbonyl (C=O) groups is 1. The summed E-state index contributed by atoms with van der Waals surface area (Å²) >= 11 is 1.64. The van der Waals surface area contributed by atoms with Gasteiger partial charge in [0.05, 0.1) is 32.2 Å². The number of nitrogens with zero attached hydrogens (tertiary/aromatic N) is 2. The van der Waals surface area contributed by atoms with Crippen LogP contribution in [0.2, 0.25) is 0 Å². The highest BCUT2D eigenvalue weighted by molar-refractivity contribution is 7.99. The third kappa shape index (κ3) is 7.65. The van der Waals surface area contributed by atoms with E-state index in [9.17, 15) is 4.79 Å². The van der Waals surface area contributed by atoms with Gasteiger partial charge in [-0.15, -0.1) is 0 Å². The molecule has 3 aromatic carbocycles. The molecule has 1 amide bonds. The highest BCUT2D eigenvalue weighted by Crippen LogP contribution is 2.37. The van der Waals surface area contributed by atoms with Gasteiger partial charge < -0.3 is 24.1 Å². The topological polar surface area (TPSA) is 74.6 Å². The predicted octanol–water partition coefficient (Wildman–Crippen LogP) is 6.07. The van der Waals surface area contributed by atoms with Crippen LogP contribution in [0.1, 0.15) is 18.9 Å². The quantitative estimate of drug-likeness (QED) is 0.153. The molecule has 0 saturated carbocycles. The smallest absolute Gasteiger partial charge is 0.246 e. The summed E-state index contributed by atoms with van der Waals surface area (Å²) < 4.78 is 18.6. The molecular weight excluding hydrogens is 510 g/mol. The van der Waals surface area contributed by atoms with E-state index in [1.54, 1.807) is 26.0 Å². The fraction of sp³-hybridized carbons (Fsp3) is 0.290. The molecule has 0 spiro atoms. The standard InChI is InChI=1S/C31H35N3O4S/c1-4-19-34-30(25-12-16-27(37-3)17-13-25)29(24-10-14-26(36-2)15-11-24)33-31(34)39-20-18-32-28(35)22-38-21-23-8-6-5-7-9-23/h5-17H,4,18-22H2,1-3H3,(H,32,35). The summed E-state index contributed by atoms with van der Waals surface area (Å²) in [5, 5.41) is 3.87. The molecule has 0 atom stereocenters. The summed E-state index contributed by atoms with van der Waals surface area (Å²) in [4.78, 5) is 17.3. The Labute approximate surface area is 234 Å². The van der Waals surface area contributed by atoms with Crippen molar-refractivity contribution in [2.24, 2.45) is 0 Å². The fourth-order valence-corrected chi connectivity index (χ4v) is 5.07. The van der Waals surface area contributed by atoms with E-state index in [2.05, 4.69) is 28.9 Å². The van der Waals surface area contributed by atoms with Gasteiger partial charge in [-0.25, -0.2) is 4.98 Å². The minimum Gasteiger partial charge on any atom is -0.497 e. The average molecular weight is 546 g/mol. The Kier molecular flexibility index (Phi) is 10.4. The zero-order valence-corrected chi connectivity index (χ0v) is 23.5. The van der Waals surface area contributed by atoms with Crippen LogP contribution in [0.15, 0.2) is 84.0 Å². The van der Waals surface area contributed by atoms with Crippen molar-refractivity contribution < 1.29 is 19.0 Å². The SMILES string of the molecule is CCCn1c(SCCNC(=O)COCc2ccccc2)nc(-c2ccc(OC)cc2)c1-c1ccc(OC)cc1. The van der Waals surface area contributed by atoms with Crippen molar-refractivity contribution >= 4 is 17.7 Å². The number of thioether (sulfide) groups is 1. The van der Waals surface area contributed by atoms with Crippen molar-refractivity contribution in [3.05, 3.63) is 84.4 Å². The van der Waals surface area contributed by atoms with Gasteiger partial charge in [0.1, 0.15) is 18.1 Å². The number of hydrogen-bond donors (Lipinski definition) is 1. The second-order valence-corrected chi connectivity index (χ2v) is 9.94. The first kappa shape index (κ1) is 28.3. The minimum absolute atomic E-state index is 0.0350. The van der Waals surface area contributed by atoms with E-state index in [4.69, 9.17) is 19.2 Å². The van der Waals surface area contributed by atoms with E-state index < -0.39 is 0 Å². The highest BCUT2D eigenvalue weighted by atomic mass is 32.2. The van der Waals surface area contributed by atoms with Crippen LogP contribution in [0, 0.1) is 0 Å². The summed E-state index contributed by atoms with van der Waals surface area (Å²) in [5.74, 6) is 2.18. The van der Waals surface area contributed by atoms with Gasteiger partial charge in [0.25, 0.3) is 0 Å². The number of benzene rings is 3. The molecule has 4 rings (SSSR count). The first-order chi connectivity index (χ1) is 19.1. The van der Waals surface area contributed by atoms with Crippen molar-refractivity contribution in [1.82, 2.24) is 14.9 Å². The van der Waals surface area contributed by atoms with E-state index in [1.807, 2.05) is 66.7 Å². The Hall–Kier alpha value is -3.75. The number of amides is 1. The lowest BCUT2D eigenvalue weighted by molar-refractivity contribution is -0.125. The molecule has 0 saturated heterocycles. The molecular formula is C31H35N3O4S. The molecule has 1 heterocycles. The first-order valence-electron chi connectivity index (χ1n) is 13.0. The third-order valence-electron chi connectivity index (χ3n) is 6.11. The summed E-state index contributed by atoms with van der Waals surface area (Å²) in [7, 11) is 3.33. The molecule has 0 radical (unpaired) electrons. The number of hydrogen-bond acceptors (Lipinski definition) is 6. The fourth-order valence-electron chi connectivity index (χ4n) is 4.18. The summed E-state index contributed by atoms with van der Waals surface area (Å²) in [6, 6.07) is 25.9. The molecule has 39 heavy (non-hydrogen) atoms. The van der Waals surface area contributed by atoms with Crippen LogP contribution in [0.4, 0.5) is 0 Å². The van der Waals surface area contributed by atoms with Crippen LogP contribution < -0.4 is 14.8 Å². The van der Waals surface area contributed by atoms with Gasteiger partial charge in [-0.05, 0) is 60.5 Å². The van der Waals surface area contributed by atoms with Crippen LogP contribution in [0.3, 0.4) is 0 Å². The minimum atomic E-state index is -0.124. The number of imidazole rings is 1. The number of aromatic nitrogens is 2. The van der Waals surface area contributed by atoms with Crippen LogP contribution in [0.5, 0.6) is 11.5 Å². The molecule has 0 aliphatic rings. The number of rotatable bonds is 14. The van der Waals surface area contributed by atoms with Gasteiger partial charge in [-0.2, -0.15) is 0 Å². The molecule has 204 valence electrons. The molecule has 4 aromatic rings. The Balaban J connectivity index is 1.47. The summed E-state index contributed by atoms with van der Waals surface area (Å²) in [6.45, 7) is 3.96. The van der Waals surface area contributed by atoms with Gasteiger partial charge in [-0.1, -0.05) is 49.0 Å². The van der Waals surface area contributed by atoms with Crippen LogP contribution >= 0.6 is 11.8 Å². The van der Waals surface area contributed by atoms with Gasteiger partial charge in [0.15, 0.2) is 5.16 Å². The number of ether oxygens (including phenoxy) is 3. The Bertz CT molecular complexity index is 1320. The first-order valence-corrected chi connectivity index (χ1v) is 14.0. The summed E-state index contributed by atoms with van der Waals surface area (Å²) in [6.07, 6.45) is 0.963. The second-order valence-electron chi connectivity index (χ2n) is 8.88. The van der Waals surface area contributed by atoms with E-state index >= 15 is 0 Å². The highest BCUT2D eigenvalue weighted by Gasteiger charge is 2.20. The van der Waals surface area contributed by atoms with Crippen molar-refractivity contribution in [3.63, 3.8) is 0 Å². The Morgan fingerprint density at radius 1 is 0.897 bits per heavy atom. The van der Waals surface area contributed by atoms with E-state index in [0.717, 1.165) is 57.7 Å². The monoisotopic (exact) mass is 545 g/mol. The van der Waals surface area contributed by atoms with Gasteiger partial charge in [-0.3, -0.25) is 4.79 Å². The molecule has 1 N–H and O–H groups in total.